The van der Waals surface area contributed by atoms with Gasteiger partial charge in [0.2, 0.25) is 27.7 Å². The monoisotopic (exact) mass is 781 g/mol. The fourth-order valence-electron chi connectivity index (χ4n) is 6.30. The van der Waals surface area contributed by atoms with Crippen LogP contribution in [0.15, 0.2) is 29.3 Å². The number of amides is 2. The highest BCUT2D eigenvalue weighted by Crippen LogP contribution is 2.34. The maximum Gasteiger partial charge on any atom is 0.416 e. The van der Waals surface area contributed by atoms with Gasteiger partial charge < -0.3 is 29.7 Å². The van der Waals surface area contributed by atoms with Gasteiger partial charge in [-0.2, -0.15) is 27.0 Å². The molecule has 0 bridgehead atoms. The number of hydrogen-bond donors (Lipinski definition) is 2. The van der Waals surface area contributed by atoms with Crippen molar-refractivity contribution in [2.45, 2.75) is 33.0 Å². The summed E-state index contributed by atoms with van der Waals surface area (Å²) >= 11 is 6.11. The van der Waals surface area contributed by atoms with Crippen molar-refractivity contribution in [2.75, 3.05) is 73.7 Å². The lowest BCUT2D eigenvalue weighted by Crippen LogP contribution is -2.51. The van der Waals surface area contributed by atoms with E-state index in [1.54, 1.807) is 23.6 Å². The zero-order valence-corrected chi connectivity index (χ0v) is 30.3. The van der Waals surface area contributed by atoms with Gasteiger partial charge in [0.1, 0.15) is 18.6 Å². The Labute approximate surface area is 305 Å². The highest BCUT2D eigenvalue weighted by atomic mass is 35.5. The molecule has 0 aliphatic carbocycles. The topological polar surface area (TPSA) is 191 Å². The molecule has 2 aliphatic heterocycles. The van der Waals surface area contributed by atoms with Crippen molar-refractivity contribution >= 4 is 56.5 Å². The first-order valence-electron chi connectivity index (χ1n) is 16.4. The molecule has 2 saturated heterocycles. The van der Waals surface area contributed by atoms with Crippen LogP contribution in [0.3, 0.4) is 0 Å². The third-order valence-electron chi connectivity index (χ3n) is 9.10. The molecule has 0 spiro atoms. The van der Waals surface area contributed by atoms with E-state index >= 15 is 0 Å². The normalized spacial score (nSPS) is 16.0. The molecule has 0 unspecified atom stereocenters. The summed E-state index contributed by atoms with van der Waals surface area (Å²) in [7, 11) is -3.43. The fourth-order valence-corrected chi connectivity index (χ4v) is 7.36. The van der Waals surface area contributed by atoms with Crippen LogP contribution < -0.4 is 20.7 Å². The number of carbonyl (C=O) groups is 2. The second kappa shape index (κ2) is 14.4. The third-order valence-corrected chi connectivity index (χ3v) is 10.7. The van der Waals surface area contributed by atoms with E-state index in [0.29, 0.717) is 11.8 Å². The van der Waals surface area contributed by atoms with E-state index < -0.39 is 45.7 Å². The number of fused-ring (bicyclic) bond motifs is 1. The van der Waals surface area contributed by atoms with Crippen LogP contribution >= 0.6 is 11.6 Å². The zero-order valence-electron chi connectivity index (χ0n) is 28.8. The summed E-state index contributed by atoms with van der Waals surface area (Å²) in [5.74, 6) is -1.37. The number of hydrogen-bond acceptors (Lipinski definition) is 12. The second-order valence-electron chi connectivity index (χ2n) is 12.5. The summed E-state index contributed by atoms with van der Waals surface area (Å²) in [4.78, 5) is 58.5. The molecule has 0 radical (unpaired) electrons. The van der Waals surface area contributed by atoms with E-state index in [2.05, 4.69) is 25.4 Å². The maximum atomic E-state index is 14.3. The molecule has 0 saturated carbocycles. The van der Waals surface area contributed by atoms with Crippen LogP contribution in [-0.2, 0) is 34.0 Å². The van der Waals surface area contributed by atoms with Gasteiger partial charge in [0.15, 0.2) is 11.4 Å². The number of aromatic hydroxyl groups is 1. The highest BCUT2D eigenvalue weighted by Gasteiger charge is 2.33. The molecule has 22 heteroatoms. The lowest BCUT2D eigenvalue weighted by Gasteiger charge is -2.36. The van der Waals surface area contributed by atoms with Crippen molar-refractivity contribution in [2.24, 2.45) is 0 Å². The fraction of sp³-hybridized carbons (Fsp3) is 0.452. The predicted molar refractivity (Wildman–Crippen MR) is 187 cm³/mol. The molecule has 3 aromatic heterocycles. The number of aromatic nitrogens is 6. The summed E-state index contributed by atoms with van der Waals surface area (Å²) in [6.07, 6.45) is -2.11. The SMILES string of the molecule is CCc1c(N2CCN(C(=O)c3ncnc(C)c3O)CC2)c(=O)n2nc(N3CCN(S(C)(=O)=O)CC3)nc2n1CC(=O)Nc1ccc(C(F)(F)F)cc1Cl. The average molecular weight is 782 g/mol. The number of rotatable bonds is 8. The number of nitrogens with zero attached hydrogens (tertiary/aromatic N) is 10. The molecule has 2 fully saturated rings. The average Bonchev–Trinajstić information content (AvgIpc) is 3.57. The minimum absolute atomic E-state index is 0.00762. The summed E-state index contributed by atoms with van der Waals surface area (Å²) < 4.78 is 67.7. The smallest absolute Gasteiger partial charge is 0.416 e. The molecule has 284 valence electrons. The molecule has 53 heavy (non-hydrogen) atoms. The van der Waals surface area contributed by atoms with Gasteiger partial charge in [-0.1, -0.05) is 18.5 Å². The Morgan fingerprint density at radius 3 is 2.28 bits per heavy atom. The number of nitrogens with one attached hydrogen (secondary N) is 1. The number of piperazine rings is 2. The number of aryl methyl sites for hydroxylation is 1. The maximum absolute atomic E-state index is 14.3. The summed E-state index contributed by atoms with van der Waals surface area (Å²) in [5.41, 5.74) is -0.881. The minimum atomic E-state index is -4.64. The number of alkyl halides is 3. The van der Waals surface area contributed by atoms with Gasteiger partial charge in [-0.25, -0.2) is 18.4 Å². The molecule has 5 heterocycles. The molecule has 2 aliphatic rings. The van der Waals surface area contributed by atoms with Crippen LogP contribution in [0.1, 0.15) is 34.4 Å². The van der Waals surface area contributed by atoms with E-state index in [9.17, 15) is 41.1 Å². The van der Waals surface area contributed by atoms with Crippen molar-refractivity contribution < 1.29 is 36.3 Å². The van der Waals surface area contributed by atoms with Gasteiger partial charge >= 0.3 is 6.18 Å². The predicted octanol–water partition coefficient (Wildman–Crippen LogP) is 1.61. The number of benzene rings is 1. The van der Waals surface area contributed by atoms with E-state index in [1.165, 1.54) is 20.1 Å². The zero-order chi connectivity index (χ0) is 38.4. The van der Waals surface area contributed by atoms with Crippen LogP contribution in [-0.4, -0.2) is 122 Å². The number of carbonyl (C=O) groups excluding carboxylic acids is 2. The Morgan fingerprint density at radius 2 is 1.68 bits per heavy atom. The molecular weight excluding hydrogens is 747 g/mol. The molecular formula is C31H35ClF3N11O6S. The number of halogens is 4. The van der Waals surface area contributed by atoms with E-state index in [4.69, 9.17) is 11.6 Å². The molecule has 17 nitrogen and oxygen atoms in total. The molecule has 0 atom stereocenters. The van der Waals surface area contributed by atoms with Crippen molar-refractivity contribution in [3.63, 3.8) is 0 Å². The lowest BCUT2D eigenvalue weighted by atomic mass is 10.2. The standard InChI is InChI=1S/C31H35ClF3N11O6S/c1-4-22-25(41-7-9-42(10-8-41)27(49)24-26(48)18(2)36-17-37-24)28(50)46-30(39-29(40-46)43-11-13-44(14-12-43)53(3,51)52)45(22)16-23(47)38-21-6-5-19(15-20(21)32)31(33,34)35/h5-6,15,17,48H,4,7-14,16H2,1-3H3,(H,38,47). The summed E-state index contributed by atoms with van der Waals surface area (Å²) in [5, 5.41) is 17.1. The number of sulfonamides is 1. The lowest BCUT2D eigenvalue weighted by molar-refractivity contribution is -0.137. The minimum Gasteiger partial charge on any atom is -0.504 e. The first kappa shape index (κ1) is 37.7. The van der Waals surface area contributed by atoms with Crippen LogP contribution in [0.25, 0.3) is 5.78 Å². The summed E-state index contributed by atoms with van der Waals surface area (Å²) in [6, 6.07) is 2.54. The second-order valence-corrected chi connectivity index (χ2v) is 14.9. The van der Waals surface area contributed by atoms with Gasteiger partial charge in [0, 0.05) is 52.4 Å². The Kier molecular flexibility index (Phi) is 10.3. The Hall–Kier alpha value is -5.02. The van der Waals surface area contributed by atoms with Gasteiger partial charge in [-0.15, -0.1) is 5.10 Å². The van der Waals surface area contributed by atoms with Crippen LogP contribution in [0.2, 0.25) is 5.02 Å². The molecule has 1 aromatic carbocycles. The molecule has 6 rings (SSSR count). The van der Waals surface area contributed by atoms with Gasteiger partial charge in [0.05, 0.1) is 33.9 Å². The van der Waals surface area contributed by atoms with Crippen molar-refractivity contribution in [3.8, 4) is 5.75 Å². The summed E-state index contributed by atoms with van der Waals surface area (Å²) in [6.45, 7) is 4.35. The van der Waals surface area contributed by atoms with E-state index in [1.807, 2.05) is 0 Å². The molecule has 4 aromatic rings. The molecule has 2 N–H and O–H groups in total. The van der Waals surface area contributed by atoms with Crippen LogP contribution in [0.5, 0.6) is 5.75 Å². The van der Waals surface area contributed by atoms with Gasteiger partial charge in [-0.05, 0) is 31.5 Å². The van der Waals surface area contributed by atoms with Crippen molar-refractivity contribution in [3.05, 3.63) is 62.5 Å². The van der Waals surface area contributed by atoms with Gasteiger partial charge in [0.25, 0.3) is 11.5 Å². The quantitative estimate of drug-likeness (QED) is 0.263. The van der Waals surface area contributed by atoms with Crippen molar-refractivity contribution in [1.82, 2.24) is 38.3 Å². The first-order chi connectivity index (χ1) is 25.0. The highest BCUT2D eigenvalue weighted by molar-refractivity contribution is 7.88. The van der Waals surface area contributed by atoms with Crippen molar-refractivity contribution in [1.29, 1.82) is 0 Å². The Balaban J connectivity index is 1.34. The van der Waals surface area contributed by atoms with E-state index in [-0.39, 0.29) is 104 Å². The largest absolute Gasteiger partial charge is 0.504 e. The number of anilines is 3. The third kappa shape index (κ3) is 7.58. The van der Waals surface area contributed by atoms with Crippen LogP contribution in [0, 0.1) is 6.92 Å². The molecule has 2 amide bonds. The Morgan fingerprint density at radius 1 is 1.02 bits per heavy atom. The first-order valence-corrected chi connectivity index (χ1v) is 18.6. The van der Waals surface area contributed by atoms with E-state index in [0.717, 1.165) is 22.9 Å². The van der Waals surface area contributed by atoms with Gasteiger partial charge in [-0.3, -0.25) is 14.4 Å². The Bertz CT molecular complexity index is 2250. The van der Waals surface area contributed by atoms with Crippen LogP contribution in [0.4, 0.5) is 30.5 Å².